The second kappa shape index (κ2) is 21.0. The van der Waals surface area contributed by atoms with Gasteiger partial charge in [-0.3, -0.25) is 14.2 Å². The highest BCUT2D eigenvalue weighted by atomic mass is 32.3. The quantitative estimate of drug-likeness (QED) is 0.0605. The molecule has 1 fully saturated rings. The number of nitriles is 1. The largest absolute Gasteiger partial charge is 0.488 e. The van der Waals surface area contributed by atoms with Gasteiger partial charge in [0, 0.05) is 81.9 Å². The Kier molecular flexibility index (Phi) is 15.6. The van der Waals surface area contributed by atoms with Crippen molar-refractivity contribution in [1.29, 1.82) is 5.26 Å². The van der Waals surface area contributed by atoms with E-state index < -0.39 is 14.7 Å². The monoisotopic (exact) mass is 854 g/mol. The Balaban J connectivity index is 1.13. The number of rotatable bonds is 20. The summed E-state index contributed by atoms with van der Waals surface area (Å²) in [5.74, 6) is 2.01. The number of aromatic nitrogens is 4. The molecule has 2 N–H and O–H groups in total. The Morgan fingerprint density at radius 3 is 2.42 bits per heavy atom. The van der Waals surface area contributed by atoms with Crippen LogP contribution in [0.5, 0.6) is 17.2 Å². The van der Waals surface area contributed by atoms with Crippen LogP contribution in [-0.4, -0.2) is 93.6 Å². The van der Waals surface area contributed by atoms with E-state index in [0.717, 1.165) is 102 Å². The molecule has 5 aromatic rings. The van der Waals surface area contributed by atoms with E-state index in [-0.39, 0.29) is 13.0 Å². The minimum absolute atomic E-state index is 0.137. The fourth-order valence-electron chi connectivity index (χ4n) is 7.19. The lowest BCUT2D eigenvalue weighted by molar-refractivity contribution is 0.233. The van der Waals surface area contributed by atoms with Crippen molar-refractivity contribution < 1.29 is 27.2 Å². The van der Waals surface area contributed by atoms with E-state index in [4.69, 9.17) is 14.2 Å². The number of ether oxygens (including phenoxy) is 3. The van der Waals surface area contributed by atoms with Crippen LogP contribution in [0.4, 0.5) is 0 Å². The van der Waals surface area contributed by atoms with Crippen molar-refractivity contribution in [3.05, 3.63) is 118 Å². The summed E-state index contributed by atoms with van der Waals surface area (Å²) in [7, 11) is -2.40. The summed E-state index contributed by atoms with van der Waals surface area (Å²) >= 11 is 4.04. The number of nitrogens with one attached hydrogen (secondary N) is 1. The molecule has 0 aliphatic carbocycles. The molecule has 0 bridgehead atoms. The van der Waals surface area contributed by atoms with Gasteiger partial charge >= 0.3 is 0 Å². The topological polar surface area (TPSA) is 168 Å². The maximum Gasteiger partial charge on any atom is 0.277 e. The van der Waals surface area contributed by atoms with Gasteiger partial charge in [-0.25, -0.2) is 0 Å². The third kappa shape index (κ3) is 12.3. The molecule has 6 rings (SSSR count). The molecule has 14 nitrogen and oxygen atoms in total. The lowest BCUT2D eigenvalue weighted by atomic mass is 9.93. The minimum atomic E-state index is -4.25. The van der Waals surface area contributed by atoms with Crippen LogP contribution < -0.4 is 19.5 Å². The highest BCUT2D eigenvalue weighted by Crippen LogP contribution is 2.35. The Bertz CT molecular complexity index is 2380. The fraction of sp³-hybridized carbons (Fsp3) is 0.409. The molecule has 0 saturated carbocycles. The number of thiol groups is 1. The van der Waals surface area contributed by atoms with Crippen molar-refractivity contribution >= 4 is 22.7 Å². The maximum absolute atomic E-state index is 11.5. The molecule has 1 aliphatic rings. The second-order valence-corrected chi connectivity index (χ2v) is 17.8. The molecule has 0 radical (unpaired) electrons. The van der Waals surface area contributed by atoms with Crippen LogP contribution >= 0.6 is 12.6 Å². The number of nitrogens with zero attached hydrogens (tertiary/aromatic N) is 7. The van der Waals surface area contributed by atoms with Gasteiger partial charge in [0.05, 0.1) is 11.8 Å². The van der Waals surface area contributed by atoms with E-state index in [0.29, 0.717) is 43.4 Å². The van der Waals surface area contributed by atoms with E-state index >= 15 is 0 Å². The van der Waals surface area contributed by atoms with Gasteiger partial charge < -0.3 is 29.3 Å². The lowest BCUT2D eigenvalue weighted by Gasteiger charge is -2.26. The van der Waals surface area contributed by atoms with Crippen LogP contribution in [-0.2, 0) is 43.0 Å². The average Bonchev–Trinajstić information content (AvgIpc) is 3.70. The van der Waals surface area contributed by atoms with Gasteiger partial charge in [-0.1, -0.05) is 35.5 Å². The fourth-order valence-corrected chi connectivity index (χ4v) is 7.71. The van der Waals surface area contributed by atoms with Crippen LogP contribution in [0.2, 0.25) is 0 Å². The van der Waals surface area contributed by atoms with Gasteiger partial charge in [0.2, 0.25) is 0 Å². The lowest BCUT2D eigenvalue weighted by Crippen LogP contribution is -2.43. The van der Waals surface area contributed by atoms with E-state index in [1.165, 1.54) is 6.20 Å². The number of piperazine rings is 1. The normalized spacial score (nSPS) is 13.9. The summed E-state index contributed by atoms with van der Waals surface area (Å²) in [4.78, 5) is 8.57. The summed E-state index contributed by atoms with van der Waals surface area (Å²) in [5.41, 5.74) is 9.00. The zero-order valence-electron chi connectivity index (χ0n) is 34.7. The molecule has 0 amide bonds. The number of pyridine rings is 1. The van der Waals surface area contributed by atoms with Gasteiger partial charge in [-0.15, -0.1) is 5.10 Å². The number of aryl methyl sites for hydroxylation is 2. The van der Waals surface area contributed by atoms with Crippen LogP contribution in [0.3, 0.4) is 0 Å². The van der Waals surface area contributed by atoms with Gasteiger partial charge in [0.15, 0.2) is 0 Å². The summed E-state index contributed by atoms with van der Waals surface area (Å²) in [6, 6.07) is 20.0. The molecule has 1 saturated heterocycles. The Morgan fingerprint density at radius 1 is 0.917 bits per heavy atom. The van der Waals surface area contributed by atoms with Crippen molar-refractivity contribution in [2.45, 2.75) is 71.1 Å². The van der Waals surface area contributed by atoms with Crippen molar-refractivity contribution in [2.75, 3.05) is 46.3 Å². The Hall–Kier alpha value is -5.02. The number of hydrogen-bond acceptors (Lipinski definition) is 13. The molecule has 0 spiro atoms. The van der Waals surface area contributed by atoms with Crippen LogP contribution in [0.15, 0.2) is 73.2 Å². The summed E-state index contributed by atoms with van der Waals surface area (Å²) in [6.45, 7) is 13.9. The van der Waals surface area contributed by atoms with Crippen LogP contribution in [0.25, 0.3) is 11.1 Å². The predicted octanol–water partition coefficient (Wildman–Crippen LogP) is 6.13. The van der Waals surface area contributed by atoms with Crippen molar-refractivity contribution in [1.82, 2.24) is 35.1 Å². The predicted molar refractivity (Wildman–Crippen MR) is 234 cm³/mol. The molecule has 3 aromatic carbocycles. The minimum Gasteiger partial charge on any atom is -0.488 e. The van der Waals surface area contributed by atoms with Crippen molar-refractivity contribution in [3.63, 3.8) is 0 Å². The zero-order valence-corrected chi connectivity index (χ0v) is 36.4. The summed E-state index contributed by atoms with van der Waals surface area (Å²) in [5, 5.41) is 21.4. The average molecular weight is 855 g/mol. The SMILES string of the molecule is Cc1cc(CN(C)CCC(S)S(=O)(=O)O)c(OCc2cncc(C#N)c2)cc1OCc1cccc(-c2cccc(OCc3cn(CCCN4CCNCC4)nn3)c2C)c1C. The molecule has 1 unspecified atom stereocenters. The first-order valence-electron chi connectivity index (χ1n) is 20.1. The molecule has 318 valence electrons. The first-order valence-corrected chi connectivity index (χ1v) is 22.1. The number of benzene rings is 3. The van der Waals surface area contributed by atoms with Gasteiger partial charge in [0.25, 0.3) is 10.1 Å². The molecular formula is C44H54N8O6S2. The summed E-state index contributed by atoms with van der Waals surface area (Å²) in [6.07, 6.45) is 6.28. The van der Waals surface area contributed by atoms with Gasteiger partial charge in [-0.2, -0.15) is 26.3 Å². The first kappa shape index (κ1) is 44.5. The first-order chi connectivity index (χ1) is 28.9. The van der Waals surface area contributed by atoms with E-state index in [9.17, 15) is 18.2 Å². The third-order valence-electron chi connectivity index (χ3n) is 10.7. The smallest absolute Gasteiger partial charge is 0.277 e. The zero-order chi connectivity index (χ0) is 42.6. The Morgan fingerprint density at radius 2 is 1.65 bits per heavy atom. The molecule has 60 heavy (non-hydrogen) atoms. The maximum atomic E-state index is 11.5. The summed E-state index contributed by atoms with van der Waals surface area (Å²) < 4.78 is 52.3. The van der Waals surface area contributed by atoms with Crippen molar-refractivity contribution in [2.24, 2.45) is 0 Å². The van der Waals surface area contributed by atoms with E-state index in [2.05, 4.69) is 76.3 Å². The molecular weight excluding hydrogens is 801 g/mol. The van der Waals surface area contributed by atoms with Crippen LogP contribution in [0, 0.1) is 32.1 Å². The highest BCUT2D eigenvalue weighted by Gasteiger charge is 2.20. The molecule has 1 aliphatic heterocycles. The third-order valence-corrected chi connectivity index (χ3v) is 12.6. The molecule has 3 heterocycles. The highest BCUT2D eigenvalue weighted by molar-refractivity contribution is 8.01. The van der Waals surface area contributed by atoms with E-state index in [1.54, 1.807) is 12.3 Å². The standard InChI is InChI=1S/C44H54N8O6S2/c1-31-20-37(26-50(4)17-12-44(59)60(53,54)55)43(56-28-35-21-34(23-45)24-47-25-35)22-42(31)57-29-36-8-5-9-39(32(36)2)40-10-6-11-41(33(40)3)58-30-38-27-52(49-48-38)16-7-15-51-18-13-46-14-19-51/h5-6,8-11,20-22,24-25,27,44,46,59H,7,12-19,26,28-30H2,1-4H3,(H,53,54,55). The molecule has 1 atom stereocenters. The Labute approximate surface area is 358 Å². The molecule has 2 aromatic heterocycles. The second-order valence-electron chi connectivity index (χ2n) is 15.2. The van der Waals surface area contributed by atoms with E-state index in [1.807, 2.05) is 60.1 Å². The molecule has 16 heteroatoms. The van der Waals surface area contributed by atoms with Gasteiger partial charge in [0.1, 0.15) is 53.4 Å². The van der Waals surface area contributed by atoms with Gasteiger partial charge in [-0.05, 0) is 92.2 Å². The van der Waals surface area contributed by atoms with Crippen molar-refractivity contribution in [3.8, 4) is 34.4 Å². The van der Waals surface area contributed by atoms with Crippen LogP contribution in [0.1, 0.15) is 57.5 Å². The number of hydrogen-bond donors (Lipinski definition) is 3.